The number of amides is 1. The average molecular weight is 328 g/mol. The Morgan fingerprint density at radius 3 is 2.62 bits per heavy atom. The minimum Gasteiger partial charge on any atom is -0.497 e. The Labute approximate surface area is 140 Å². The van der Waals surface area contributed by atoms with Gasteiger partial charge in [0.2, 0.25) is 0 Å². The topological polar surface area (TPSA) is 85.4 Å². The van der Waals surface area contributed by atoms with E-state index in [0.717, 1.165) is 18.5 Å². The van der Waals surface area contributed by atoms with Gasteiger partial charge in [-0.2, -0.15) is 0 Å². The standard InChI is InChI=1S/C17H20N4O3/c1-10-18-14(17(22)20-11-4-5-11)9-16(19-10)21-13-7-6-12(23-2)8-15(13)24-3/h6-9,11H,4-5H2,1-3H3,(H,20,22)(H,18,19,21). The number of benzene rings is 1. The lowest BCUT2D eigenvalue weighted by atomic mass is 10.2. The number of aromatic nitrogens is 2. The van der Waals surface area contributed by atoms with Crippen LogP contribution in [0, 0.1) is 6.92 Å². The lowest BCUT2D eigenvalue weighted by Crippen LogP contribution is -2.26. The number of carbonyl (C=O) groups excluding carboxylic acids is 1. The van der Waals surface area contributed by atoms with Crippen LogP contribution in [0.15, 0.2) is 24.3 Å². The molecule has 0 spiro atoms. The molecule has 3 rings (SSSR count). The first-order valence-corrected chi connectivity index (χ1v) is 7.74. The number of anilines is 2. The van der Waals surface area contributed by atoms with E-state index in [1.54, 1.807) is 33.3 Å². The second-order valence-electron chi connectivity index (χ2n) is 5.62. The van der Waals surface area contributed by atoms with Gasteiger partial charge in [-0.25, -0.2) is 9.97 Å². The summed E-state index contributed by atoms with van der Waals surface area (Å²) in [6.07, 6.45) is 2.06. The second kappa shape index (κ2) is 6.74. The molecule has 1 saturated carbocycles. The first-order valence-electron chi connectivity index (χ1n) is 7.74. The first-order chi connectivity index (χ1) is 11.6. The molecule has 0 radical (unpaired) electrons. The highest BCUT2D eigenvalue weighted by Crippen LogP contribution is 2.31. The van der Waals surface area contributed by atoms with Gasteiger partial charge in [0.05, 0.1) is 19.9 Å². The van der Waals surface area contributed by atoms with Crippen molar-refractivity contribution in [2.75, 3.05) is 19.5 Å². The zero-order chi connectivity index (χ0) is 17.1. The van der Waals surface area contributed by atoms with Crippen molar-refractivity contribution in [3.63, 3.8) is 0 Å². The molecule has 0 unspecified atom stereocenters. The molecule has 1 heterocycles. The van der Waals surface area contributed by atoms with Crippen LogP contribution in [-0.4, -0.2) is 36.1 Å². The summed E-state index contributed by atoms with van der Waals surface area (Å²) in [5.74, 6) is 2.20. The molecular formula is C17H20N4O3. The molecule has 0 atom stereocenters. The summed E-state index contributed by atoms with van der Waals surface area (Å²) in [5, 5.41) is 6.10. The van der Waals surface area contributed by atoms with Gasteiger partial charge in [-0.3, -0.25) is 4.79 Å². The predicted octanol–water partition coefficient (Wildman–Crippen LogP) is 2.44. The van der Waals surface area contributed by atoms with Gasteiger partial charge in [0, 0.05) is 18.2 Å². The molecular weight excluding hydrogens is 308 g/mol. The molecule has 7 heteroatoms. The van der Waals surface area contributed by atoms with Crippen LogP contribution in [-0.2, 0) is 0 Å². The van der Waals surface area contributed by atoms with Crippen molar-refractivity contribution < 1.29 is 14.3 Å². The first kappa shape index (κ1) is 16.0. The Bertz CT molecular complexity index is 759. The fourth-order valence-corrected chi connectivity index (χ4v) is 2.27. The van der Waals surface area contributed by atoms with E-state index in [-0.39, 0.29) is 11.9 Å². The van der Waals surface area contributed by atoms with Crippen LogP contribution in [0.5, 0.6) is 11.5 Å². The minimum absolute atomic E-state index is 0.173. The average Bonchev–Trinajstić information content (AvgIpc) is 3.38. The largest absolute Gasteiger partial charge is 0.497 e. The summed E-state index contributed by atoms with van der Waals surface area (Å²) in [6.45, 7) is 1.75. The number of hydrogen-bond acceptors (Lipinski definition) is 6. The van der Waals surface area contributed by atoms with Gasteiger partial charge in [0.25, 0.3) is 5.91 Å². The SMILES string of the molecule is COc1ccc(Nc2cc(C(=O)NC3CC3)nc(C)n2)c(OC)c1. The number of ether oxygens (including phenoxy) is 2. The zero-order valence-corrected chi connectivity index (χ0v) is 13.9. The van der Waals surface area contributed by atoms with Gasteiger partial charge in [-0.05, 0) is 31.9 Å². The number of aryl methyl sites for hydroxylation is 1. The van der Waals surface area contributed by atoms with Gasteiger partial charge < -0.3 is 20.1 Å². The van der Waals surface area contributed by atoms with E-state index in [2.05, 4.69) is 20.6 Å². The molecule has 7 nitrogen and oxygen atoms in total. The smallest absolute Gasteiger partial charge is 0.270 e. The summed E-state index contributed by atoms with van der Waals surface area (Å²) in [6, 6.07) is 7.34. The Balaban J connectivity index is 1.84. The minimum atomic E-state index is -0.173. The maximum atomic E-state index is 12.2. The highest BCUT2D eigenvalue weighted by atomic mass is 16.5. The molecule has 24 heavy (non-hydrogen) atoms. The number of carbonyl (C=O) groups is 1. The molecule has 1 aromatic carbocycles. The maximum Gasteiger partial charge on any atom is 0.270 e. The van der Waals surface area contributed by atoms with Crippen LogP contribution in [0.4, 0.5) is 11.5 Å². The van der Waals surface area contributed by atoms with Crippen LogP contribution < -0.4 is 20.1 Å². The van der Waals surface area contributed by atoms with E-state index in [0.29, 0.717) is 28.8 Å². The van der Waals surface area contributed by atoms with Crippen LogP contribution in [0.1, 0.15) is 29.2 Å². The van der Waals surface area contributed by atoms with Gasteiger partial charge in [0.1, 0.15) is 28.8 Å². The van der Waals surface area contributed by atoms with E-state index in [1.165, 1.54) is 0 Å². The van der Waals surface area contributed by atoms with Crippen LogP contribution in [0.3, 0.4) is 0 Å². The van der Waals surface area contributed by atoms with Crippen molar-refractivity contribution in [2.24, 2.45) is 0 Å². The van der Waals surface area contributed by atoms with Crippen LogP contribution >= 0.6 is 0 Å². The lowest BCUT2D eigenvalue weighted by molar-refractivity contribution is 0.0945. The lowest BCUT2D eigenvalue weighted by Gasteiger charge is -2.13. The molecule has 1 aliphatic carbocycles. The fraction of sp³-hybridized carbons (Fsp3) is 0.353. The Morgan fingerprint density at radius 1 is 1.17 bits per heavy atom. The molecule has 1 aliphatic rings. The molecule has 2 N–H and O–H groups in total. The number of hydrogen-bond donors (Lipinski definition) is 2. The van der Waals surface area contributed by atoms with E-state index in [1.807, 2.05) is 12.1 Å². The number of nitrogens with one attached hydrogen (secondary N) is 2. The monoisotopic (exact) mass is 328 g/mol. The summed E-state index contributed by atoms with van der Waals surface area (Å²) >= 11 is 0. The molecule has 0 bridgehead atoms. The van der Waals surface area contributed by atoms with Crippen molar-refractivity contribution in [3.05, 3.63) is 35.8 Å². The summed E-state index contributed by atoms with van der Waals surface area (Å²) in [7, 11) is 3.18. The van der Waals surface area contributed by atoms with Gasteiger partial charge in [0.15, 0.2) is 0 Å². The summed E-state index contributed by atoms with van der Waals surface area (Å²) < 4.78 is 10.6. The van der Waals surface area contributed by atoms with Gasteiger partial charge >= 0.3 is 0 Å². The van der Waals surface area contributed by atoms with E-state index in [9.17, 15) is 4.79 Å². The van der Waals surface area contributed by atoms with E-state index >= 15 is 0 Å². The van der Waals surface area contributed by atoms with Gasteiger partial charge in [-0.1, -0.05) is 0 Å². The molecule has 126 valence electrons. The molecule has 2 aromatic rings. The maximum absolute atomic E-state index is 12.2. The Hall–Kier alpha value is -2.83. The third kappa shape index (κ3) is 3.73. The summed E-state index contributed by atoms with van der Waals surface area (Å²) in [5.41, 5.74) is 1.08. The highest BCUT2D eigenvalue weighted by Gasteiger charge is 2.24. The van der Waals surface area contributed by atoms with Gasteiger partial charge in [-0.15, -0.1) is 0 Å². The third-order valence-electron chi connectivity index (χ3n) is 3.65. The van der Waals surface area contributed by atoms with E-state index in [4.69, 9.17) is 9.47 Å². The quantitative estimate of drug-likeness (QED) is 0.847. The molecule has 1 fully saturated rings. The summed E-state index contributed by atoms with van der Waals surface area (Å²) in [4.78, 5) is 20.7. The number of methoxy groups -OCH3 is 2. The zero-order valence-electron chi connectivity index (χ0n) is 13.9. The van der Waals surface area contributed by atoms with Crippen molar-refractivity contribution in [1.29, 1.82) is 0 Å². The van der Waals surface area contributed by atoms with Crippen molar-refractivity contribution in [3.8, 4) is 11.5 Å². The predicted molar refractivity (Wildman–Crippen MR) is 90.1 cm³/mol. The van der Waals surface area contributed by atoms with E-state index < -0.39 is 0 Å². The molecule has 1 amide bonds. The number of rotatable bonds is 6. The van der Waals surface area contributed by atoms with Crippen LogP contribution in [0.2, 0.25) is 0 Å². The van der Waals surface area contributed by atoms with Crippen molar-refractivity contribution in [2.45, 2.75) is 25.8 Å². The fourth-order valence-electron chi connectivity index (χ4n) is 2.27. The second-order valence-corrected chi connectivity index (χ2v) is 5.62. The highest BCUT2D eigenvalue weighted by molar-refractivity contribution is 5.93. The van der Waals surface area contributed by atoms with Crippen molar-refractivity contribution >= 4 is 17.4 Å². The molecule has 0 aliphatic heterocycles. The Kier molecular flexibility index (Phi) is 4.50. The normalized spacial score (nSPS) is 13.3. The number of nitrogens with zero attached hydrogens (tertiary/aromatic N) is 2. The molecule has 1 aromatic heterocycles. The van der Waals surface area contributed by atoms with Crippen LogP contribution in [0.25, 0.3) is 0 Å². The third-order valence-corrected chi connectivity index (χ3v) is 3.65. The Morgan fingerprint density at radius 2 is 1.96 bits per heavy atom. The van der Waals surface area contributed by atoms with Crippen molar-refractivity contribution in [1.82, 2.24) is 15.3 Å². The molecule has 0 saturated heterocycles.